The summed E-state index contributed by atoms with van der Waals surface area (Å²) in [5, 5.41) is 0.145. The number of hydroxylamine groups is 1. The van der Waals surface area contributed by atoms with E-state index in [1.807, 2.05) is 18.2 Å². The van der Waals surface area contributed by atoms with Crippen molar-refractivity contribution in [3.63, 3.8) is 0 Å². The third kappa shape index (κ3) is 2.87. The average Bonchev–Trinajstić information content (AvgIpc) is 2.60. The molecule has 1 aliphatic heterocycles. The lowest BCUT2D eigenvalue weighted by atomic mass is 10.1. The fraction of sp³-hybridized carbons (Fsp3) is 0.333. The molecule has 17 heavy (non-hydrogen) atoms. The summed E-state index contributed by atoms with van der Waals surface area (Å²) < 4.78 is 24.2. The Morgan fingerprint density at radius 3 is 2.41 bits per heavy atom. The molecule has 0 fully saturated rings. The first kappa shape index (κ1) is 12.1. The predicted octanol–water partition coefficient (Wildman–Crippen LogP) is 1.76. The van der Waals surface area contributed by atoms with Crippen molar-refractivity contribution in [2.24, 2.45) is 0 Å². The van der Waals surface area contributed by atoms with E-state index in [9.17, 15) is 8.42 Å². The molecule has 0 aliphatic carbocycles. The number of hydrogen-bond acceptors (Lipinski definition) is 4. The molecule has 1 aromatic carbocycles. The summed E-state index contributed by atoms with van der Waals surface area (Å²) in [5.41, 5.74) is 2.66. The standard InChI is InChI=1S/C12H15NO3S/c1-12(2)8-11(13-16-12)17(14,15)9-10-6-4-3-5-7-10/h3-8,13H,9H2,1-2H3. The molecule has 0 saturated carbocycles. The van der Waals surface area contributed by atoms with Crippen molar-refractivity contribution in [1.29, 1.82) is 0 Å². The average molecular weight is 253 g/mol. The number of rotatable bonds is 3. The van der Waals surface area contributed by atoms with Crippen LogP contribution in [0.25, 0.3) is 0 Å². The Hall–Kier alpha value is -1.33. The molecule has 0 saturated heterocycles. The topological polar surface area (TPSA) is 55.4 Å². The molecule has 0 atom stereocenters. The lowest BCUT2D eigenvalue weighted by Crippen LogP contribution is -2.22. The molecule has 0 bridgehead atoms. The van der Waals surface area contributed by atoms with Crippen LogP contribution in [0, 0.1) is 0 Å². The highest BCUT2D eigenvalue weighted by Crippen LogP contribution is 2.23. The molecule has 0 aromatic heterocycles. The molecular weight excluding hydrogens is 238 g/mol. The molecule has 1 N–H and O–H groups in total. The van der Waals surface area contributed by atoms with E-state index in [1.54, 1.807) is 32.1 Å². The molecule has 1 aromatic rings. The minimum Gasteiger partial charge on any atom is -0.265 e. The smallest absolute Gasteiger partial charge is 0.199 e. The lowest BCUT2D eigenvalue weighted by molar-refractivity contribution is -0.0129. The van der Waals surface area contributed by atoms with E-state index in [0.29, 0.717) is 0 Å². The Morgan fingerprint density at radius 1 is 1.24 bits per heavy atom. The van der Waals surface area contributed by atoms with E-state index < -0.39 is 15.4 Å². The van der Waals surface area contributed by atoms with Gasteiger partial charge in [-0.25, -0.2) is 8.42 Å². The molecular formula is C12H15NO3S. The minimum atomic E-state index is -3.36. The van der Waals surface area contributed by atoms with E-state index in [-0.39, 0.29) is 10.8 Å². The monoisotopic (exact) mass is 253 g/mol. The molecule has 0 amide bonds. The van der Waals surface area contributed by atoms with Crippen LogP contribution in [0.5, 0.6) is 0 Å². The Morgan fingerprint density at radius 2 is 1.88 bits per heavy atom. The summed E-state index contributed by atoms with van der Waals surface area (Å²) >= 11 is 0. The van der Waals surface area contributed by atoms with E-state index in [0.717, 1.165) is 5.56 Å². The van der Waals surface area contributed by atoms with Crippen LogP contribution in [-0.2, 0) is 20.4 Å². The Kier molecular flexibility index (Phi) is 2.97. The zero-order valence-corrected chi connectivity index (χ0v) is 10.6. The minimum absolute atomic E-state index is 0.0217. The lowest BCUT2D eigenvalue weighted by Gasteiger charge is -2.11. The van der Waals surface area contributed by atoms with Crippen molar-refractivity contribution < 1.29 is 13.3 Å². The Balaban J connectivity index is 2.22. The van der Waals surface area contributed by atoms with Crippen LogP contribution in [0.2, 0.25) is 0 Å². The fourth-order valence-corrected chi connectivity index (χ4v) is 3.00. The summed E-state index contributed by atoms with van der Waals surface area (Å²) in [6.07, 6.45) is 1.59. The summed E-state index contributed by atoms with van der Waals surface area (Å²) in [5.74, 6) is -0.0217. The van der Waals surface area contributed by atoms with Gasteiger partial charge < -0.3 is 0 Å². The summed E-state index contributed by atoms with van der Waals surface area (Å²) in [7, 11) is -3.36. The molecule has 1 heterocycles. The number of hydrogen-bond donors (Lipinski definition) is 1. The van der Waals surface area contributed by atoms with Gasteiger partial charge >= 0.3 is 0 Å². The zero-order chi connectivity index (χ0) is 12.5. The van der Waals surface area contributed by atoms with Crippen LogP contribution >= 0.6 is 0 Å². The first-order chi connectivity index (χ1) is 7.89. The van der Waals surface area contributed by atoms with Crippen molar-refractivity contribution >= 4 is 9.84 Å². The molecule has 1 aliphatic rings. The SMILES string of the molecule is CC1(C)C=C(S(=O)(=O)Cc2ccccc2)NO1. The molecule has 4 nitrogen and oxygen atoms in total. The first-order valence-corrected chi connectivity index (χ1v) is 6.98. The van der Waals surface area contributed by atoms with Crippen LogP contribution < -0.4 is 5.48 Å². The Labute approximate surface area is 101 Å². The second-order valence-corrected chi connectivity index (χ2v) is 6.52. The van der Waals surface area contributed by atoms with Crippen molar-refractivity contribution in [2.75, 3.05) is 0 Å². The van der Waals surface area contributed by atoms with Gasteiger partial charge in [0.2, 0.25) is 0 Å². The fourth-order valence-electron chi connectivity index (χ4n) is 1.58. The number of benzene rings is 1. The van der Waals surface area contributed by atoms with E-state index in [2.05, 4.69) is 5.48 Å². The Bertz CT molecular complexity index is 532. The second-order valence-electron chi connectivity index (χ2n) is 4.56. The molecule has 92 valence electrons. The molecule has 2 rings (SSSR count). The maximum atomic E-state index is 12.1. The molecule has 5 heteroatoms. The highest BCUT2D eigenvalue weighted by molar-refractivity contribution is 7.94. The van der Waals surface area contributed by atoms with Crippen LogP contribution in [0.1, 0.15) is 19.4 Å². The van der Waals surface area contributed by atoms with E-state index in [4.69, 9.17) is 4.84 Å². The summed E-state index contributed by atoms with van der Waals surface area (Å²) in [6, 6.07) is 9.08. The van der Waals surface area contributed by atoms with Crippen molar-refractivity contribution in [2.45, 2.75) is 25.2 Å². The van der Waals surface area contributed by atoms with Gasteiger partial charge in [0.15, 0.2) is 14.9 Å². The van der Waals surface area contributed by atoms with Gasteiger partial charge in [0, 0.05) is 0 Å². The van der Waals surface area contributed by atoms with Gasteiger partial charge in [-0.15, -0.1) is 0 Å². The van der Waals surface area contributed by atoms with Crippen molar-refractivity contribution in [3.8, 4) is 0 Å². The number of sulfone groups is 1. The third-order valence-electron chi connectivity index (χ3n) is 2.43. The van der Waals surface area contributed by atoms with Crippen LogP contribution in [0.15, 0.2) is 41.4 Å². The maximum Gasteiger partial charge on any atom is 0.199 e. The normalized spacial score (nSPS) is 18.6. The zero-order valence-electron chi connectivity index (χ0n) is 9.80. The summed E-state index contributed by atoms with van der Waals surface area (Å²) in [6.45, 7) is 3.59. The second kappa shape index (κ2) is 4.16. The van der Waals surface area contributed by atoms with Crippen LogP contribution in [0.4, 0.5) is 0 Å². The predicted molar refractivity (Wildman–Crippen MR) is 65.4 cm³/mol. The maximum absolute atomic E-state index is 12.1. The van der Waals surface area contributed by atoms with Gasteiger partial charge in [0.05, 0.1) is 5.75 Å². The van der Waals surface area contributed by atoms with Gasteiger partial charge in [-0.1, -0.05) is 30.3 Å². The van der Waals surface area contributed by atoms with Gasteiger partial charge in [0.25, 0.3) is 0 Å². The highest BCUT2D eigenvalue weighted by Gasteiger charge is 2.31. The first-order valence-electron chi connectivity index (χ1n) is 5.33. The van der Waals surface area contributed by atoms with E-state index in [1.165, 1.54) is 0 Å². The van der Waals surface area contributed by atoms with E-state index >= 15 is 0 Å². The third-order valence-corrected chi connectivity index (χ3v) is 4.01. The largest absolute Gasteiger partial charge is 0.265 e. The molecule has 0 unspecified atom stereocenters. The highest BCUT2D eigenvalue weighted by atomic mass is 32.2. The van der Waals surface area contributed by atoms with Crippen LogP contribution in [0.3, 0.4) is 0 Å². The molecule has 0 radical (unpaired) electrons. The number of nitrogens with one attached hydrogen (secondary N) is 1. The van der Waals surface area contributed by atoms with Crippen LogP contribution in [-0.4, -0.2) is 14.0 Å². The van der Waals surface area contributed by atoms with Crippen molar-refractivity contribution in [3.05, 3.63) is 47.0 Å². The quantitative estimate of drug-likeness (QED) is 0.891. The van der Waals surface area contributed by atoms with Gasteiger partial charge in [-0.2, -0.15) is 0 Å². The van der Waals surface area contributed by atoms with Gasteiger partial charge in [0.1, 0.15) is 5.60 Å². The van der Waals surface area contributed by atoms with Gasteiger partial charge in [-0.3, -0.25) is 10.3 Å². The van der Waals surface area contributed by atoms with Crippen molar-refractivity contribution in [1.82, 2.24) is 5.48 Å². The molecule has 0 spiro atoms. The summed E-state index contributed by atoms with van der Waals surface area (Å²) in [4.78, 5) is 5.16. The van der Waals surface area contributed by atoms with Gasteiger partial charge in [-0.05, 0) is 25.5 Å².